The molecule has 6 nitrogen and oxygen atoms in total. The summed E-state index contributed by atoms with van der Waals surface area (Å²) < 4.78 is 5.93. The third-order valence-corrected chi connectivity index (χ3v) is 4.98. The Morgan fingerprint density at radius 2 is 1.71 bits per heavy atom. The molecule has 0 saturated carbocycles. The van der Waals surface area contributed by atoms with Crippen LogP contribution in [0.2, 0.25) is 5.02 Å². The minimum absolute atomic E-state index is 0.0488. The maximum absolute atomic E-state index is 11.0. The quantitative estimate of drug-likeness (QED) is 0.715. The van der Waals surface area contributed by atoms with Crippen LogP contribution in [0.15, 0.2) is 50.8 Å². The smallest absolute Gasteiger partial charge is 0.303 e. The fourth-order valence-electron chi connectivity index (χ4n) is 3.10. The molecular weight excluding hydrogens is 378 g/mol. The number of aliphatic carboxylic acids is 1. The van der Waals surface area contributed by atoms with Crippen LogP contribution < -0.4 is 10.7 Å². The zero-order valence-corrected chi connectivity index (χ0v) is 16.2. The van der Waals surface area contributed by atoms with Crippen molar-refractivity contribution in [2.45, 2.75) is 32.9 Å². The SMILES string of the molecule is Cc1cc2c(cc1C)=NC(c1nc(-c3ccc(Cl)cc3)c(CCC(=O)O)o1)N=2. The minimum atomic E-state index is -0.895. The topological polar surface area (TPSA) is 88.0 Å². The first-order valence-electron chi connectivity index (χ1n) is 8.91. The maximum atomic E-state index is 11.0. The molecule has 0 bridgehead atoms. The van der Waals surface area contributed by atoms with Crippen LogP contribution in [0.25, 0.3) is 11.3 Å². The van der Waals surface area contributed by atoms with Gasteiger partial charge in [0, 0.05) is 17.0 Å². The van der Waals surface area contributed by atoms with Gasteiger partial charge in [0.05, 0.1) is 17.1 Å². The Morgan fingerprint density at radius 3 is 2.29 bits per heavy atom. The fourth-order valence-corrected chi connectivity index (χ4v) is 3.22. The summed E-state index contributed by atoms with van der Waals surface area (Å²) in [5, 5.41) is 11.3. The van der Waals surface area contributed by atoms with Gasteiger partial charge in [-0.25, -0.2) is 15.0 Å². The van der Waals surface area contributed by atoms with Crippen LogP contribution in [0.1, 0.15) is 35.4 Å². The van der Waals surface area contributed by atoms with Gasteiger partial charge in [-0.3, -0.25) is 4.79 Å². The molecule has 7 heteroatoms. The lowest BCUT2D eigenvalue weighted by Gasteiger charge is -2.00. The lowest BCUT2D eigenvalue weighted by atomic mass is 10.1. The number of fused-ring (bicyclic) bond motifs is 1. The monoisotopic (exact) mass is 395 g/mol. The number of rotatable bonds is 5. The third-order valence-electron chi connectivity index (χ3n) is 4.73. The summed E-state index contributed by atoms with van der Waals surface area (Å²) in [5.41, 5.74) is 3.70. The van der Waals surface area contributed by atoms with Gasteiger partial charge >= 0.3 is 5.97 Å². The van der Waals surface area contributed by atoms with Gasteiger partial charge in [-0.1, -0.05) is 23.7 Å². The number of hydrogen-bond donors (Lipinski definition) is 1. The first-order valence-corrected chi connectivity index (χ1v) is 9.29. The summed E-state index contributed by atoms with van der Waals surface area (Å²) in [7, 11) is 0. The van der Waals surface area contributed by atoms with E-state index in [2.05, 4.69) is 15.0 Å². The van der Waals surface area contributed by atoms with Crippen LogP contribution in [-0.2, 0) is 11.2 Å². The number of nitrogens with zero attached hydrogens (tertiary/aromatic N) is 3. The van der Waals surface area contributed by atoms with E-state index >= 15 is 0 Å². The van der Waals surface area contributed by atoms with Crippen molar-refractivity contribution in [1.29, 1.82) is 0 Å². The third kappa shape index (κ3) is 3.55. The first kappa shape index (κ1) is 18.4. The largest absolute Gasteiger partial charge is 0.481 e. The van der Waals surface area contributed by atoms with E-state index in [4.69, 9.17) is 21.1 Å². The molecule has 1 aromatic heterocycles. The molecule has 142 valence electrons. The molecule has 2 aromatic carbocycles. The van der Waals surface area contributed by atoms with Crippen LogP contribution in [0, 0.1) is 13.8 Å². The molecule has 0 unspecified atom stereocenters. The van der Waals surface area contributed by atoms with Crippen molar-refractivity contribution >= 4 is 17.6 Å². The van der Waals surface area contributed by atoms with Crippen molar-refractivity contribution in [3.05, 3.63) is 74.9 Å². The molecule has 1 N–H and O–H groups in total. The predicted octanol–water partition coefficient (Wildman–Crippen LogP) is 3.58. The summed E-state index contributed by atoms with van der Waals surface area (Å²) in [6.07, 6.45) is -0.383. The van der Waals surface area contributed by atoms with Gasteiger partial charge in [0.25, 0.3) is 0 Å². The number of benzene rings is 2. The second kappa shape index (κ2) is 7.20. The molecule has 2 heterocycles. The normalized spacial score (nSPS) is 13.1. The molecular formula is C21H18ClN3O3. The van der Waals surface area contributed by atoms with E-state index < -0.39 is 12.1 Å². The summed E-state index contributed by atoms with van der Waals surface area (Å²) >= 11 is 5.98. The van der Waals surface area contributed by atoms with E-state index in [1.807, 2.05) is 38.1 Å². The summed E-state index contributed by atoms with van der Waals surface area (Å²) in [4.78, 5) is 24.9. The van der Waals surface area contributed by atoms with Crippen molar-refractivity contribution < 1.29 is 14.3 Å². The highest BCUT2D eigenvalue weighted by Crippen LogP contribution is 2.30. The fraction of sp³-hybridized carbons (Fsp3) is 0.238. The van der Waals surface area contributed by atoms with Gasteiger partial charge in [-0.05, 0) is 49.2 Å². The number of halogens is 1. The zero-order valence-electron chi connectivity index (χ0n) is 15.4. The second-order valence-electron chi connectivity index (χ2n) is 6.78. The molecule has 0 aliphatic carbocycles. The van der Waals surface area contributed by atoms with Gasteiger partial charge in [0.1, 0.15) is 11.5 Å². The van der Waals surface area contributed by atoms with Crippen LogP contribution in [-0.4, -0.2) is 16.1 Å². The summed E-state index contributed by atoms with van der Waals surface area (Å²) in [6, 6.07) is 11.2. The van der Waals surface area contributed by atoms with Gasteiger partial charge in [-0.2, -0.15) is 0 Å². The van der Waals surface area contributed by atoms with Gasteiger partial charge < -0.3 is 9.52 Å². The molecule has 3 aromatic rings. The van der Waals surface area contributed by atoms with E-state index in [9.17, 15) is 4.79 Å². The van der Waals surface area contributed by atoms with Crippen molar-refractivity contribution in [3.63, 3.8) is 0 Å². The van der Waals surface area contributed by atoms with Gasteiger partial charge in [0.15, 0.2) is 0 Å². The van der Waals surface area contributed by atoms with Crippen molar-refractivity contribution in [2.24, 2.45) is 9.98 Å². The van der Waals surface area contributed by atoms with Gasteiger partial charge in [0.2, 0.25) is 12.1 Å². The van der Waals surface area contributed by atoms with Crippen LogP contribution >= 0.6 is 11.6 Å². The molecule has 1 aliphatic rings. The Balaban J connectivity index is 1.76. The Bertz CT molecular complexity index is 1140. The standard InChI is InChI=1S/C21H18ClN3O3/c1-11-9-15-16(10-12(11)2)24-20(23-15)21-25-19(13-3-5-14(22)6-4-13)17(28-21)7-8-18(26)27/h3-6,9-10,20H,7-8H2,1-2H3,(H,26,27). The van der Waals surface area contributed by atoms with E-state index in [1.54, 1.807) is 12.1 Å². The van der Waals surface area contributed by atoms with Crippen molar-refractivity contribution in [1.82, 2.24) is 4.98 Å². The number of carboxylic acid groups (broad SMARTS) is 1. The highest BCUT2D eigenvalue weighted by atomic mass is 35.5. The average Bonchev–Trinajstić information content (AvgIpc) is 3.25. The molecule has 0 saturated heterocycles. The number of carboxylic acids is 1. The first-order chi connectivity index (χ1) is 13.4. The summed E-state index contributed by atoms with van der Waals surface area (Å²) in [5.74, 6) is -0.0288. The highest BCUT2D eigenvalue weighted by molar-refractivity contribution is 6.30. The molecule has 0 spiro atoms. The molecule has 0 radical (unpaired) electrons. The van der Waals surface area contributed by atoms with E-state index in [0.717, 1.165) is 27.4 Å². The minimum Gasteiger partial charge on any atom is -0.481 e. The van der Waals surface area contributed by atoms with Crippen molar-refractivity contribution in [3.8, 4) is 11.3 Å². The zero-order chi connectivity index (χ0) is 19.8. The second-order valence-corrected chi connectivity index (χ2v) is 7.22. The number of aryl methyl sites for hydroxylation is 3. The van der Waals surface area contributed by atoms with Crippen LogP contribution in [0.5, 0.6) is 0 Å². The van der Waals surface area contributed by atoms with Crippen molar-refractivity contribution in [2.75, 3.05) is 0 Å². The predicted molar refractivity (Wildman–Crippen MR) is 104 cm³/mol. The lowest BCUT2D eigenvalue weighted by molar-refractivity contribution is -0.137. The Labute approximate surface area is 166 Å². The van der Waals surface area contributed by atoms with Crippen LogP contribution in [0.3, 0.4) is 0 Å². The summed E-state index contributed by atoms with van der Waals surface area (Å²) in [6.45, 7) is 4.07. The Kier molecular flexibility index (Phi) is 4.73. The molecule has 1 aliphatic heterocycles. The molecule has 28 heavy (non-hydrogen) atoms. The van der Waals surface area contributed by atoms with E-state index in [1.165, 1.54) is 0 Å². The Hall–Kier alpha value is -2.99. The number of carbonyl (C=O) groups is 1. The Morgan fingerprint density at radius 1 is 1.11 bits per heavy atom. The van der Waals surface area contributed by atoms with Crippen LogP contribution in [0.4, 0.5) is 0 Å². The molecule has 4 rings (SSSR count). The maximum Gasteiger partial charge on any atom is 0.303 e. The highest BCUT2D eigenvalue weighted by Gasteiger charge is 2.23. The number of oxazole rings is 1. The molecule has 0 amide bonds. The average molecular weight is 396 g/mol. The molecule has 0 fully saturated rings. The van der Waals surface area contributed by atoms with E-state index in [-0.39, 0.29) is 12.8 Å². The van der Waals surface area contributed by atoms with Gasteiger partial charge in [-0.15, -0.1) is 0 Å². The number of aromatic nitrogens is 1. The molecule has 0 atom stereocenters. The lowest BCUT2D eigenvalue weighted by Crippen LogP contribution is -2.22. The number of hydrogen-bond acceptors (Lipinski definition) is 5. The van der Waals surface area contributed by atoms with E-state index in [0.29, 0.717) is 22.4 Å².